The number of carbonyl (C=O) groups excluding carboxylic acids is 1. The molecule has 0 saturated heterocycles. The Morgan fingerprint density at radius 3 is 2.64 bits per heavy atom. The van der Waals surface area contributed by atoms with Gasteiger partial charge in [0, 0.05) is 22.8 Å². The van der Waals surface area contributed by atoms with Gasteiger partial charge in [0.2, 0.25) is 0 Å². The maximum Gasteiger partial charge on any atom is 0.411 e. The molecule has 114 valence electrons. The fraction of sp³-hybridized carbons (Fsp3) is 0.133. The Kier molecular flexibility index (Phi) is 5.37. The first-order chi connectivity index (χ1) is 10.6. The van der Waals surface area contributed by atoms with Crippen molar-refractivity contribution in [1.29, 1.82) is 0 Å². The second-order valence-electron chi connectivity index (χ2n) is 4.33. The van der Waals surface area contributed by atoms with Crippen LogP contribution in [-0.2, 0) is 10.5 Å². The van der Waals surface area contributed by atoms with Crippen LogP contribution in [0.4, 0.5) is 16.2 Å². The summed E-state index contributed by atoms with van der Waals surface area (Å²) in [5.41, 5.74) is 1.40. The normalized spacial score (nSPS) is 10.0. The van der Waals surface area contributed by atoms with E-state index in [1.165, 1.54) is 31.0 Å². The van der Waals surface area contributed by atoms with Crippen molar-refractivity contribution in [3.8, 4) is 0 Å². The minimum Gasteiger partial charge on any atom is -0.453 e. The summed E-state index contributed by atoms with van der Waals surface area (Å²) in [6.45, 7) is 0. The van der Waals surface area contributed by atoms with Gasteiger partial charge in [-0.25, -0.2) is 4.79 Å². The van der Waals surface area contributed by atoms with Crippen molar-refractivity contribution >= 4 is 29.2 Å². The molecule has 22 heavy (non-hydrogen) atoms. The lowest BCUT2D eigenvalue weighted by Crippen LogP contribution is -2.11. The van der Waals surface area contributed by atoms with Gasteiger partial charge in [-0.2, -0.15) is 0 Å². The first kappa shape index (κ1) is 15.8. The van der Waals surface area contributed by atoms with E-state index in [1.54, 1.807) is 6.07 Å². The van der Waals surface area contributed by atoms with Crippen LogP contribution in [0.25, 0.3) is 0 Å². The highest BCUT2D eigenvalue weighted by atomic mass is 32.2. The monoisotopic (exact) mass is 318 g/mol. The van der Waals surface area contributed by atoms with Crippen LogP contribution in [0.15, 0.2) is 53.4 Å². The van der Waals surface area contributed by atoms with E-state index in [-0.39, 0.29) is 5.69 Å². The summed E-state index contributed by atoms with van der Waals surface area (Å²) < 4.78 is 4.54. The van der Waals surface area contributed by atoms with Gasteiger partial charge in [-0.3, -0.25) is 15.4 Å². The lowest BCUT2D eigenvalue weighted by Gasteiger charge is -2.10. The topological polar surface area (TPSA) is 81.5 Å². The largest absolute Gasteiger partial charge is 0.453 e. The molecule has 0 saturated carbocycles. The summed E-state index contributed by atoms with van der Waals surface area (Å²) >= 11 is 1.48. The minimum absolute atomic E-state index is 0.0875. The fourth-order valence-corrected chi connectivity index (χ4v) is 2.70. The van der Waals surface area contributed by atoms with Crippen molar-refractivity contribution < 1.29 is 14.5 Å². The third-order valence-electron chi connectivity index (χ3n) is 2.83. The molecule has 0 fully saturated rings. The number of nitrogens with one attached hydrogen (secondary N) is 1. The second kappa shape index (κ2) is 7.46. The molecule has 0 atom stereocenters. The van der Waals surface area contributed by atoms with E-state index < -0.39 is 11.0 Å². The van der Waals surface area contributed by atoms with Gasteiger partial charge in [-0.15, -0.1) is 11.8 Å². The number of amides is 1. The van der Waals surface area contributed by atoms with E-state index in [0.717, 1.165) is 10.5 Å². The first-order valence-corrected chi connectivity index (χ1v) is 7.39. The van der Waals surface area contributed by atoms with Crippen LogP contribution in [0.1, 0.15) is 5.56 Å². The molecule has 2 rings (SSSR count). The van der Waals surface area contributed by atoms with Gasteiger partial charge < -0.3 is 4.74 Å². The summed E-state index contributed by atoms with van der Waals surface area (Å²) in [6.07, 6.45) is -0.665. The number of rotatable bonds is 5. The summed E-state index contributed by atoms with van der Waals surface area (Å²) in [4.78, 5) is 22.5. The number of anilines is 1. The van der Waals surface area contributed by atoms with E-state index in [2.05, 4.69) is 10.1 Å². The van der Waals surface area contributed by atoms with Crippen LogP contribution in [0, 0.1) is 10.1 Å². The van der Waals surface area contributed by atoms with Gasteiger partial charge in [0.15, 0.2) is 0 Å². The number of hydrogen-bond donors (Lipinski definition) is 1. The van der Waals surface area contributed by atoms with E-state index in [1.807, 2.05) is 30.3 Å². The van der Waals surface area contributed by atoms with Gasteiger partial charge in [0.05, 0.1) is 17.7 Å². The van der Waals surface area contributed by atoms with Gasteiger partial charge >= 0.3 is 6.09 Å². The summed E-state index contributed by atoms with van der Waals surface area (Å²) in [7, 11) is 1.24. The minimum atomic E-state index is -0.665. The average Bonchev–Trinajstić information content (AvgIpc) is 2.54. The average molecular weight is 318 g/mol. The van der Waals surface area contributed by atoms with E-state index in [0.29, 0.717) is 11.4 Å². The SMILES string of the molecule is COC(=O)Nc1cc([N+](=O)[O-])ccc1SCc1ccccc1. The molecule has 6 nitrogen and oxygen atoms in total. The van der Waals surface area contributed by atoms with Crippen LogP contribution < -0.4 is 5.32 Å². The predicted molar refractivity (Wildman–Crippen MR) is 85.1 cm³/mol. The molecule has 2 aromatic carbocycles. The van der Waals surface area contributed by atoms with Crippen molar-refractivity contribution in [2.45, 2.75) is 10.6 Å². The predicted octanol–water partition coefficient (Wildman–Crippen LogP) is 4.07. The van der Waals surface area contributed by atoms with E-state index >= 15 is 0 Å². The number of nitro benzene ring substituents is 1. The molecule has 0 aliphatic carbocycles. The molecular weight excluding hydrogens is 304 g/mol. The number of hydrogen-bond acceptors (Lipinski definition) is 5. The van der Waals surface area contributed by atoms with Crippen LogP contribution >= 0.6 is 11.8 Å². The van der Waals surface area contributed by atoms with Gasteiger partial charge in [-0.05, 0) is 11.6 Å². The summed E-state index contributed by atoms with van der Waals surface area (Å²) in [5, 5.41) is 13.4. The molecule has 0 radical (unpaired) electrons. The molecular formula is C15H14N2O4S. The zero-order chi connectivity index (χ0) is 15.9. The molecule has 0 aliphatic heterocycles. The Bertz CT molecular complexity index is 676. The van der Waals surface area contributed by atoms with Gasteiger partial charge in [0.1, 0.15) is 0 Å². The van der Waals surface area contributed by atoms with Crippen molar-refractivity contribution in [2.75, 3.05) is 12.4 Å². The number of ether oxygens (including phenoxy) is 1. The maximum absolute atomic E-state index is 11.4. The van der Waals surface area contributed by atoms with Crippen molar-refractivity contribution in [3.05, 3.63) is 64.2 Å². The van der Waals surface area contributed by atoms with Crippen molar-refractivity contribution in [3.63, 3.8) is 0 Å². The molecule has 0 spiro atoms. The van der Waals surface area contributed by atoms with E-state index in [9.17, 15) is 14.9 Å². The number of benzene rings is 2. The maximum atomic E-state index is 11.4. The highest BCUT2D eigenvalue weighted by Crippen LogP contribution is 2.33. The zero-order valence-electron chi connectivity index (χ0n) is 11.8. The molecule has 1 amide bonds. The summed E-state index contributed by atoms with van der Waals surface area (Å²) in [5.74, 6) is 0.689. The smallest absolute Gasteiger partial charge is 0.411 e. The molecule has 0 bridgehead atoms. The highest BCUT2D eigenvalue weighted by molar-refractivity contribution is 7.98. The highest BCUT2D eigenvalue weighted by Gasteiger charge is 2.13. The molecule has 1 N–H and O–H groups in total. The lowest BCUT2D eigenvalue weighted by molar-refractivity contribution is -0.384. The molecule has 0 aliphatic rings. The number of methoxy groups -OCH3 is 1. The zero-order valence-corrected chi connectivity index (χ0v) is 12.6. The molecule has 0 heterocycles. The van der Waals surface area contributed by atoms with Crippen LogP contribution in [-0.4, -0.2) is 18.1 Å². The van der Waals surface area contributed by atoms with E-state index in [4.69, 9.17) is 0 Å². The van der Waals surface area contributed by atoms with Gasteiger partial charge in [0.25, 0.3) is 5.69 Å². The Balaban J connectivity index is 2.21. The van der Waals surface area contributed by atoms with Crippen LogP contribution in [0.3, 0.4) is 0 Å². The quantitative estimate of drug-likeness (QED) is 0.510. The molecule has 0 aromatic heterocycles. The number of nitro groups is 1. The van der Waals surface area contributed by atoms with Gasteiger partial charge in [-0.1, -0.05) is 30.3 Å². The summed E-state index contributed by atoms with van der Waals surface area (Å²) in [6, 6.07) is 14.2. The Hall–Kier alpha value is -2.54. The Morgan fingerprint density at radius 1 is 1.27 bits per heavy atom. The second-order valence-corrected chi connectivity index (χ2v) is 5.35. The number of nitrogens with zero attached hydrogens (tertiary/aromatic N) is 1. The molecule has 0 unspecified atom stereocenters. The standard InChI is InChI=1S/C15H14N2O4S/c1-21-15(18)16-13-9-12(17(19)20)7-8-14(13)22-10-11-5-3-2-4-6-11/h2-9H,10H2,1H3,(H,16,18). The Morgan fingerprint density at radius 2 is 2.00 bits per heavy atom. The third-order valence-corrected chi connectivity index (χ3v) is 3.98. The fourth-order valence-electron chi connectivity index (χ4n) is 1.75. The molecule has 2 aromatic rings. The number of carbonyl (C=O) groups is 1. The van der Waals surface area contributed by atoms with Crippen LogP contribution in [0.2, 0.25) is 0 Å². The number of non-ortho nitro benzene ring substituents is 1. The number of thioether (sulfide) groups is 1. The molecule has 7 heteroatoms. The van der Waals surface area contributed by atoms with Crippen molar-refractivity contribution in [1.82, 2.24) is 0 Å². The first-order valence-electron chi connectivity index (χ1n) is 6.40. The van der Waals surface area contributed by atoms with Crippen molar-refractivity contribution in [2.24, 2.45) is 0 Å². The lowest BCUT2D eigenvalue weighted by atomic mass is 10.2. The third kappa shape index (κ3) is 4.23. The van der Waals surface area contributed by atoms with Crippen LogP contribution in [0.5, 0.6) is 0 Å². The Labute approximate surface area is 131 Å².